The maximum Gasteiger partial charge on any atom is 0.311 e. The molecule has 1 N–H and O–H groups in total. The van der Waals surface area contributed by atoms with Gasteiger partial charge >= 0.3 is 5.69 Å². The van der Waals surface area contributed by atoms with Gasteiger partial charge in [0.15, 0.2) is 0 Å². The molecule has 0 bridgehead atoms. The van der Waals surface area contributed by atoms with Crippen LogP contribution in [0.4, 0.5) is 11.5 Å². The van der Waals surface area contributed by atoms with Gasteiger partial charge in [-0.1, -0.05) is 29.3 Å². The van der Waals surface area contributed by atoms with Crippen LogP contribution in [-0.4, -0.2) is 29.0 Å². The van der Waals surface area contributed by atoms with E-state index >= 15 is 0 Å². The van der Waals surface area contributed by atoms with Gasteiger partial charge in [-0.15, -0.1) is 12.4 Å². The molecule has 1 aliphatic rings. The second-order valence-corrected chi connectivity index (χ2v) is 6.50. The molecule has 2 aromatic rings. The average Bonchev–Trinajstić information content (AvgIpc) is 3.03. The predicted octanol–water partition coefficient (Wildman–Crippen LogP) is 4.09. The summed E-state index contributed by atoms with van der Waals surface area (Å²) in [6.07, 6.45) is 2.47. The zero-order valence-electron chi connectivity index (χ0n) is 13.2. The van der Waals surface area contributed by atoms with Crippen LogP contribution >= 0.6 is 35.6 Å². The maximum absolute atomic E-state index is 11.1. The molecular formula is C16H17Cl3N4O2. The number of anilines is 1. The van der Waals surface area contributed by atoms with Crippen LogP contribution in [0.2, 0.25) is 10.0 Å². The Hall–Kier alpha value is -1.60. The van der Waals surface area contributed by atoms with E-state index in [1.807, 2.05) is 17.0 Å². The van der Waals surface area contributed by atoms with E-state index in [9.17, 15) is 10.1 Å². The van der Waals surface area contributed by atoms with E-state index in [0.717, 1.165) is 18.5 Å². The van der Waals surface area contributed by atoms with E-state index in [1.54, 1.807) is 18.3 Å². The first-order valence-corrected chi connectivity index (χ1v) is 8.32. The number of benzene rings is 1. The number of rotatable bonds is 5. The van der Waals surface area contributed by atoms with Gasteiger partial charge in [-0.3, -0.25) is 10.1 Å². The summed E-state index contributed by atoms with van der Waals surface area (Å²) in [6, 6.07) is 8.71. The van der Waals surface area contributed by atoms with E-state index in [2.05, 4.69) is 10.3 Å². The van der Waals surface area contributed by atoms with E-state index in [-0.39, 0.29) is 24.1 Å². The number of halogens is 3. The molecule has 2 heterocycles. The van der Waals surface area contributed by atoms with Crippen molar-refractivity contribution in [2.75, 3.05) is 18.0 Å². The van der Waals surface area contributed by atoms with Crippen molar-refractivity contribution in [2.45, 2.75) is 19.0 Å². The Kier molecular flexibility index (Phi) is 6.84. The summed E-state index contributed by atoms with van der Waals surface area (Å²) in [5, 5.41) is 15.8. The molecule has 0 unspecified atom stereocenters. The lowest BCUT2D eigenvalue weighted by Crippen LogP contribution is -2.32. The van der Waals surface area contributed by atoms with Gasteiger partial charge in [-0.2, -0.15) is 0 Å². The number of hydrogen-bond acceptors (Lipinski definition) is 5. The quantitative estimate of drug-likeness (QED) is 0.601. The fourth-order valence-corrected chi connectivity index (χ4v) is 3.29. The van der Waals surface area contributed by atoms with Gasteiger partial charge in [0.1, 0.15) is 0 Å². The normalized spacial score (nSPS) is 16.6. The molecule has 134 valence electrons. The van der Waals surface area contributed by atoms with Gasteiger partial charge in [-0.05, 0) is 30.2 Å². The molecular weight excluding hydrogens is 387 g/mol. The highest BCUT2D eigenvalue weighted by Crippen LogP contribution is 2.28. The van der Waals surface area contributed by atoms with Gasteiger partial charge in [0.2, 0.25) is 5.82 Å². The first-order chi connectivity index (χ1) is 11.5. The third-order valence-electron chi connectivity index (χ3n) is 4.05. The van der Waals surface area contributed by atoms with Crippen LogP contribution in [0.3, 0.4) is 0 Å². The highest BCUT2D eigenvalue weighted by atomic mass is 35.5. The molecule has 0 amide bonds. The van der Waals surface area contributed by atoms with Gasteiger partial charge in [0.25, 0.3) is 0 Å². The SMILES string of the molecule is Cl.O=[N+]([O-])c1cccnc1N1CC[C@H](NCc2ccc(Cl)cc2Cl)C1. The van der Waals surface area contributed by atoms with Crippen LogP contribution in [0, 0.1) is 10.1 Å². The van der Waals surface area contributed by atoms with E-state index in [0.29, 0.717) is 29.0 Å². The molecule has 6 nitrogen and oxygen atoms in total. The zero-order valence-corrected chi connectivity index (χ0v) is 15.5. The van der Waals surface area contributed by atoms with Crippen molar-refractivity contribution in [1.29, 1.82) is 0 Å². The van der Waals surface area contributed by atoms with Crippen LogP contribution in [0.15, 0.2) is 36.5 Å². The van der Waals surface area contributed by atoms with Crippen molar-refractivity contribution in [3.63, 3.8) is 0 Å². The number of pyridine rings is 1. The van der Waals surface area contributed by atoms with Gasteiger partial charge in [-0.25, -0.2) is 4.98 Å². The monoisotopic (exact) mass is 402 g/mol. The minimum atomic E-state index is -0.392. The number of nitrogens with one attached hydrogen (secondary N) is 1. The van der Waals surface area contributed by atoms with Gasteiger partial charge in [0, 0.05) is 48.0 Å². The van der Waals surface area contributed by atoms with Crippen LogP contribution in [0.25, 0.3) is 0 Å². The Morgan fingerprint density at radius 3 is 2.88 bits per heavy atom. The van der Waals surface area contributed by atoms with Crippen molar-refractivity contribution in [3.8, 4) is 0 Å². The molecule has 0 saturated carbocycles. The Balaban J connectivity index is 0.00000225. The fraction of sp³-hybridized carbons (Fsp3) is 0.312. The first kappa shape index (κ1) is 19.7. The van der Waals surface area contributed by atoms with Crippen LogP contribution in [0.5, 0.6) is 0 Å². The number of nitro groups is 1. The minimum absolute atomic E-state index is 0. The maximum atomic E-state index is 11.1. The lowest BCUT2D eigenvalue weighted by Gasteiger charge is -2.18. The molecule has 0 aliphatic carbocycles. The van der Waals surface area contributed by atoms with Gasteiger partial charge in [0.05, 0.1) is 4.92 Å². The molecule has 1 aromatic heterocycles. The van der Waals surface area contributed by atoms with E-state index < -0.39 is 4.92 Å². The highest BCUT2D eigenvalue weighted by molar-refractivity contribution is 6.35. The highest BCUT2D eigenvalue weighted by Gasteiger charge is 2.28. The summed E-state index contributed by atoms with van der Waals surface area (Å²) >= 11 is 12.1. The first-order valence-electron chi connectivity index (χ1n) is 7.56. The second-order valence-electron chi connectivity index (χ2n) is 5.65. The molecule has 25 heavy (non-hydrogen) atoms. The lowest BCUT2D eigenvalue weighted by atomic mass is 10.2. The molecule has 0 radical (unpaired) electrons. The molecule has 1 aromatic carbocycles. The average molecular weight is 404 g/mol. The molecule has 0 spiro atoms. The molecule has 1 saturated heterocycles. The van der Waals surface area contributed by atoms with Crippen molar-refractivity contribution in [1.82, 2.24) is 10.3 Å². The summed E-state index contributed by atoms with van der Waals surface area (Å²) in [7, 11) is 0. The van der Waals surface area contributed by atoms with Crippen LogP contribution in [-0.2, 0) is 6.54 Å². The smallest absolute Gasteiger partial charge is 0.311 e. The summed E-state index contributed by atoms with van der Waals surface area (Å²) < 4.78 is 0. The minimum Gasteiger partial charge on any atom is -0.349 e. The largest absolute Gasteiger partial charge is 0.349 e. The van der Waals surface area contributed by atoms with Crippen molar-refractivity contribution in [2.24, 2.45) is 0 Å². The Morgan fingerprint density at radius 1 is 1.36 bits per heavy atom. The van der Waals surface area contributed by atoms with Crippen LogP contribution < -0.4 is 10.2 Å². The molecule has 9 heteroatoms. The summed E-state index contributed by atoms with van der Waals surface area (Å²) in [5.74, 6) is 0.427. The zero-order chi connectivity index (χ0) is 17.1. The van der Waals surface area contributed by atoms with Crippen LogP contribution in [0.1, 0.15) is 12.0 Å². The van der Waals surface area contributed by atoms with E-state index in [4.69, 9.17) is 23.2 Å². The fourth-order valence-electron chi connectivity index (χ4n) is 2.81. The van der Waals surface area contributed by atoms with E-state index in [1.165, 1.54) is 6.07 Å². The van der Waals surface area contributed by atoms with Crippen molar-refractivity contribution < 1.29 is 4.92 Å². The van der Waals surface area contributed by atoms with Crippen molar-refractivity contribution >= 4 is 47.1 Å². The number of aromatic nitrogens is 1. The number of nitrogens with zero attached hydrogens (tertiary/aromatic N) is 3. The lowest BCUT2D eigenvalue weighted by molar-refractivity contribution is -0.384. The molecule has 1 fully saturated rings. The topological polar surface area (TPSA) is 71.3 Å². The standard InChI is InChI=1S/C16H16Cl2N4O2.ClH/c17-12-4-3-11(14(18)8-12)9-20-13-5-7-21(10-13)16-15(22(23)24)2-1-6-19-16;/h1-4,6,8,13,20H,5,7,9-10H2;1H/t13-;/m0./s1. The molecule has 3 rings (SSSR count). The molecule has 1 atom stereocenters. The third kappa shape index (κ3) is 4.73. The summed E-state index contributed by atoms with van der Waals surface area (Å²) in [4.78, 5) is 16.9. The summed E-state index contributed by atoms with van der Waals surface area (Å²) in [6.45, 7) is 2.02. The van der Waals surface area contributed by atoms with Gasteiger partial charge < -0.3 is 10.2 Å². The molecule has 1 aliphatic heterocycles. The Morgan fingerprint density at radius 2 is 2.16 bits per heavy atom. The Labute approximate surface area is 161 Å². The predicted molar refractivity (Wildman–Crippen MR) is 102 cm³/mol. The Bertz CT molecular complexity index is 760. The summed E-state index contributed by atoms with van der Waals surface area (Å²) in [5.41, 5.74) is 1.02. The number of hydrogen-bond donors (Lipinski definition) is 1. The third-order valence-corrected chi connectivity index (χ3v) is 4.63. The van der Waals surface area contributed by atoms with Crippen molar-refractivity contribution in [3.05, 3.63) is 62.3 Å². The second kappa shape index (κ2) is 8.67.